The van der Waals surface area contributed by atoms with Crippen molar-refractivity contribution in [1.29, 1.82) is 0 Å². The van der Waals surface area contributed by atoms with Crippen LogP contribution in [0.2, 0.25) is 0 Å². The first-order valence-electron chi connectivity index (χ1n) is 11.3. The van der Waals surface area contributed by atoms with Crippen LogP contribution in [-0.4, -0.2) is 18.7 Å². The van der Waals surface area contributed by atoms with Gasteiger partial charge in [0.15, 0.2) is 9.84 Å². The van der Waals surface area contributed by atoms with Crippen LogP contribution >= 0.6 is 0 Å². The van der Waals surface area contributed by atoms with Crippen LogP contribution in [-0.2, 0) is 16.0 Å². The second kappa shape index (κ2) is 9.00. The van der Waals surface area contributed by atoms with Crippen molar-refractivity contribution in [3.8, 4) is 22.6 Å². The third kappa shape index (κ3) is 4.62. The molecule has 0 amide bonds. The Kier molecular flexibility index (Phi) is 6.01. The van der Waals surface area contributed by atoms with Gasteiger partial charge in [0.25, 0.3) is 0 Å². The number of rotatable bonds is 5. The molecule has 1 heterocycles. The Morgan fingerprint density at radius 1 is 0.857 bits per heavy atom. The molecule has 0 spiro atoms. The number of aromatic nitrogens is 1. The highest BCUT2D eigenvalue weighted by Crippen LogP contribution is 2.38. The Balaban J connectivity index is 1.48. The standard InChI is InChI=1S/C27H22F3NO3S/c28-27(29,30)25-13-5-12-24-23(14-15-31-26(24)25)18-6-3-7-19(16-18)34-20-8-4-11-22(17-20)35(32,33)21-9-1-2-10-21/h3-8,11-17,21H,1-2,9-10H2. The number of para-hydroxylation sites is 1. The summed E-state index contributed by atoms with van der Waals surface area (Å²) in [4.78, 5) is 4.22. The van der Waals surface area contributed by atoms with Crippen LogP contribution in [0.25, 0.3) is 22.0 Å². The molecule has 0 bridgehead atoms. The molecule has 1 aliphatic rings. The van der Waals surface area contributed by atoms with Gasteiger partial charge < -0.3 is 4.74 Å². The van der Waals surface area contributed by atoms with Crippen molar-refractivity contribution < 1.29 is 26.3 Å². The molecule has 4 aromatic rings. The van der Waals surface area contributed by atoms with E-state index in [4.69, 9.17) is 4.74 Å². The summed E-state index contributed by atoms with van der Waals surface area (Å²) in [5.41, 5.74) is 0.339. The molecule has 0 N–H and O–H groups in total. The minimum Gasteiger partial charge on any atom is -0.457 e. The van der Waals surface area contributed by atoms with Crippen molar-refractivity contribution in [2.45, 2.75) is 42.0 Å². The molecule has 1 saturated carbocycles. The van der Waals surface area contributed by atoms with Gasteiger partial charge in [-0.1, -0.05) is 43.2 Å². The summed E-state index contributed by atoms with van der Waals surface area (Å²) in [6, 6.07) is 19.0. The Hall–Kier alpha value is -3.39. The zero-order valence-electron chi connectivity index (χ0n) is 18.6. The van der Waals surface area contributed by atoms with E-state index in [0.717, 1.165) is 18.9 Å². The third-order valence-corrected chi connectivity index (χ3v) is 8.59. The minimum absolute atomic E-state index is 0.117. The topological polar surface area (TPSA) is 56.3 Å². The van der Waals surface area contributed by atoms with Crippen LogP contribution < -0.4 is 4.74 Å². The van der Waals surface area contributed by atoms with E-state index < -0.39 is 21.6 Å². The summed E-state index contributed by atoms with van der Waals surface area (Å²) in [7, 11) is -3.42. The number of hydrogen-bond acceptors (Lipinski definition) is 4. The van der Waals surface area contributed by atoms with Gasteiger partial charge in [-0.3, -0.25) is 4.98 Å². The van der Waals surface area contributed by atoms with Gasteiger partial charge in [0.1, 0.15) is 11.5 Å². The maximum absolute atomic E-state index is 13.5. The Morgan fingerprint density at radius 2 is 1.54 bits per heavy atom. The Morgan fingerprint density at radius 3 is 2.29 bits per heavy atom. The zero-order valence-corrected chi connectivity index (χ0v) is 19.4. The minimum atomic E-state index is -4.51. The smallest absolute Gasteiger partial charge is 0.418 e. The van der Waals surface area contributed by atoms with Crippen LogP contribution in [0, 0.1) is 0 Å². The molecule has 1 aliphatic carbocycles. The molecule has 0 aliphatic heterocycles. The highest BCUT2D eigenvalue weighted by molar-refractivity contribution is 7.92. The van der Waals surface area contributed by atoms with Gasteiger partial charge in [-0.2, -0.15) is 13.2 Å². The van der Waals surface area contributed by atoms with Crippen molar-refractivity contribution in [2.75, 3.05) is 0 Å². The van der Waals surface area contributed by atoms with Gasteiger partial charge in [0, 0.05) is 11.6 Å². The lowest BCUT2D eigenvalue weighted by atomic mass is 9.99. The lowest BCUT2D eigenvalue weighted by molar-refractivity contribution is -0.136. The van der Waals surface area contributed by atoms with E-state index in [1.165, 1.54) is 18.3 Å². The first kappa shape index (κ1) is 23.4. The van der Waals surface area contributed by atoms with Crippen molar-refractivity contribution in [2.24, 2.45) is 0 Å². The monoisotopic (exact) mass is 497 g/mol. The lowest BCUT2D eigenvalue weighted by Gasteiger charge is -2.14. The molecule has 0 saturated heterocycles. The normalized spacial score (nSPS) is 14.9. The summed E-state index contributed by atoms with van der Waals surface area (Å²) in [6.45, 7) is 0. The van der Waals surface area contributed by atoms with E-state index in [-0.39, 0.29) is 15.7 Å². The summed E-state index contributed by atoms with van der Waals surface area (Å²) < 4.78 is 72.3. The molecular weight excluding hydrogens is 475 g/mol. The van der Waals surface area contributed by atoms with Crippen molar-refractivity contribution in [3.05, 3.63) is 84.6 Å². The molecule has 0 radical (unpaired) electrons. The molecule has 0 unspecified atom stereocenters. The number of fused-ring (bicyclic) bond motifs is 1. The van der Waals surface area contributed by atoms with Gasteiger partial charge in [-0.05, 0) is 66.4 Å². The van der Waals surface area contributed by atoms with Gasteiger partial charge in [-0.25, -0.2) is 8.42 Å². The number of sulfone groups is 1. The fraction of sp³-hybridized carbons (Fsp3) is 0.222. The van der Waals surface area contributed by atoms with Crippen molar-refractivity contribution >= 4 is 20.7 Å². The fourth-order valence-electron chi connectivity index (χ4n) is 4.63. The maximum atomic E-state index is 13.5. The van der Waals surface area contributed by atoms with Crippen LogP contribution in [0.4, 0.5) is 13.2 Å². The highest BCUT2D eigenvalue weighted by Gasteiger charge is 2.33. The van der Waals surface area contributed by atoms with Crippen molar-refractivity contribution in [1.82, 2.24) is 4.98 Å². The molecule has 0 atom stereocenters. The zero-order chi connectivity index (χ0) is 24.6. The highest BCUT2D eigenvalue weighted by atomic mass is 32.2. The number of pyridine rings is 1. The molecule has 1 aromatic heterocycles. The van der Waals surface area contributed by atoms with E-state index in [9.17, 15) is 21.6 Å². The number of alkyl halides is 3. The number of hydrogen-bond donors (Lipinski definition) is 0. The number of ether oxygens (including phenoxy) is 1. The summed E-state index contributed by atoms with van der Waals surface area (Å²) >= 11 is 0. The molecule has 35 heavy (non-hydrogen) atoms. The fourth-order valence-corrected chi connectivity index (χ4v) is 6.51. The second-order valence-corrected chi connectivity index (χ2v) is 10.8. The van der Waals surface area contributed by atoms with E-state index in [1.807, 2.05) is 0 Å². The molecule has 8 heteroatoms. The van der Waals surface area contributed by atoms with Gasteiger partial charge in [0.2, 0.25) is 0 Å². The SMILES string of the molecule is O=S(=O)(c1cccc(Oc2cccc(-c3ccnc4c(C(F)(F)F)cccc34)c2)c1)C1CCCC1. The summed E-state index contributed by atoms with van der Waals surface area (Å²) in [5.74, 6) is 0.815. The Bertz CT molecular complexity index is 1490. The molecule has 5 rings (SSSR count). The van der Waals surface area contributed by atoms with Crippen molar-refractivity contribution in [3.63, 3.8) is 0 Å². The second-order valence-electron chi connectivity index (χ2n) is 8.61. The summed E-state index contributed by atoms with van der Waals surface area (Å²) in [5, 5.41) is 0.0202. The largest absolute Gasteiger partial charge is 0.457 e. The van der Waals surface area contributed by atoms with Crippen LogP contribution in [0.3, 0.4) is 0 Å². The average Bonchev–Trinajstić information content (AvgIpc) is 3.39. The molecule has 1 fully saturated rings. The predicted octanol–water partition coefficient (Wildman–Crippen LogP) is 7.43. The number of halogens is 3. The molecule has 4 nitrogen and oxygen atoms in total. The predicted molar refractivity (Wildman–Crippen MR) is 128 cm³/mol. The molecule has 180 valence electrons. The van der Waals surface area contributed by atoms with E-state index in [0.29, 0.717) is 40.9 Å². The van der Waals surface area contributed by atoms with Crippen LogP contribution in [0.5, 0.6) is 11.5 Å². The summed E-state index contributed by atoms with van der Waals surface area (Å²) in [6.07, 6.45) is 0.0244. The third-order valence-electron chi connectivity index (χ3n) is 6.33. The van der Waals surface area contributed by atoms with Crippen LogP contribution in [0.1, 0.15) is 31.2 Å². The van der Waals surface area contributed by atoms with Gasteiger partial charge in [0.05, 0.1) is 21.2 Å². The maximum Gasteiger partial charge on any atom is 0.418 e. The molecule has 3 aromatic carbocycles. The first-order chi connectivity index (χ1) is 16.7. The van der Waals surface area contributed by atoms with Gasteiger partial charge in [-0.15, -0.1) is 0 Å². The lowest BCUT2D eigenvalue weighted by Crippen LogP contribution is -2.17. The van der Waals surface area contributed by atoms with E-state index >= 15 is 0 Å². The Labute approximate surface area is 201 Å². The van der Waals surface area contributed by atoms with E-state index in [2.05, 4.69) is 4.98 Å². The quantitative estimate of drug-likeness (QED) is 0.288. The first-order valence-corrected chi connectivity index (χ1v) is 12.9. The number of nitrogens with zero attached hydrogens (tertiary/aromatic N) is 1. The van der Waals surface area contributed by atoms with Crippen LogP contribution in [0.15, 0.2) is 83.9 Å². The van der Waals surface area contributed by atoms with Gasteiger partial charge >= 0.3 is 6.18 Å². The average molecular weight is 498 g/mol. The van der Waals surface area contributed by atoms with E-state index in [1.54, 1.807) is 54.6 Å². The number of benzene rings is 3. The molecular formula is C27H22F3NO3S.